The molecule has 1 atom stereocenters. The fourth-order valence-electron chi connectivity index (χ4n) is 2.99. The number of nitrogens with two attached hydrogens (primary N) is 1. The van der Waals surface area contributed by atoms with Gasteiger partial charge in [0.1, 0.15) is 0 Å². The number of aliphatic hydroxyl groups is 1. The zero-order chi connectivity index (χ0) is 13.7. The van der Waals surface area contributed by atoms with Crippen molar-refractivity contribution in [3.05, 3.63) is 34.9 Å². The fourth-order valence-corrected chi connectivity index (χ4v) is 2.99. The Morgan fingerprint density at radius 1 is 1.21 bits per heavy atom. The predicted molar refractivity (Wildman–Crippen MR) is 80.3 cm³/mol. The summed E-state index contributed by atoms with van der Waals surface area (Å²) >= 11 is 0. The lowest BCUT2D eigenvalue weighted by Gasteiger charge is -2.33. The average Bonchev–Trinajstić information content (AvgIpc) is 2.43. The lowest BCUT2D eigenvalue weighted by molar-refractivity contribution is 0.181. The van der Waals surface area contributed by atoms with E-state index in [0.29, 0.717) is 0 Å². The van der Waals surface area contributed by atoms with Crippen LogP contribution in [-0.2, 0) is 19.3 Å². The van der Waals surface area contributed by atoms with Crippen molar-refractivity contribution in [2.24, 2.45) is 5.73 Å². The SMILES string of the molecule is CCCCCCc1ccc2c(c1)CC(N)(CO)CC2. The summed E-state index contributed by atoms with van der Waals surface area (Å²) in [6.07, 6.45) is 9.11. The third kappa shape index (κ3) is 3.80. The van der Waals surface area contributed by atoms with Crippen molar-refractivity contribution in [1.29, 1.82) is 0 Å². The van der Waals surface area contributed by atoms with Gasteiger partial charge < -0.3 is 10.8 Å². The number of aliphatic hydroxyl groups excluding tert-OH is 1. The second-order valence-corrected chi connectivity index (χ2v) is 6.11. The van der Waals surface area contributed by atoms with Gasteiger partial charge in [-0.1, -0.05) is 44.4 Å². The first kappa shape index (κ1) is 14.5. The molecule has 0 aromatic heterocycles. The zero-order valence-electron chi connectivity index (χ0n) is 12.1. The van der Waals surface area contributed by atoms with Crippen molar-refractivity contribution >= 4 is 0 Å². The van der Waals surface area contributed by atoms with Gasteiger partial charge in [0.25, 0.3) is 0 Å². The molecule has 1 aliphatic rings. The normalized spacial score (nSPS) is 22.3. The Hall–Kier alpha value is -0.860. The molecular formula is C17H27NO. The molecule has 0 saturated carbocycles. The van der Waals surface area contributed by atoms with Gasteiger partial charge >= 0.3 is 0 Å². The van der Waals surface area contributed by atoms with Crippen molar-refractivity contribution in [2.45, 2.75) is 63.8 Å². The Balaban J connectivity index is 2.00. The van der Waals surface area contributed by atoms with Crippen LogP contribution in [0.1, 0.15) is 55.7 Å². The molecule has 0 aliphatic heterocycles. The van der Waals surface area contributed by atoms with Crippen LogP contribution in [0.2, 0.25) is 0 Å². The fraction of sp³-hybridized carbons (Fsp3) is 0.647. The molecular weight excluding hydrogens is 234 g/mol. The summed E-state index contributed by atoms with van der Waals surface area (Å²) in [5, 5.41) is 9.42. The van der Waals surface area contributed by atoms with Crippen LogP contribution in [0.5, 0.6) is 0 Å². The number of fused-ring (bicyclic) bond motifs is 1. The molecule has 2 nitrogen and oxygen atoms in total. The second kappa shape index (κ2) is 6.53. The van der Waals surface area contributed by atoms with Gasteiger partial charge in [-0.15, -0.1) is 0 Å². The molecule has 1 aromatic rings. The molecule has 0 radical (unpaired) electrons. The van der Waals surface area contributed by atoms with E-state index in [-0.39, 0.29) is 6.61 Å². The molecule has 0 spiro atoms. The zero-order valence-corrected chi connectivity index (χ0v) is 12.1. The summed E-state index contributed by atoms with van der Waals surface area (Å²) in [5.74, 6) is 0. The minimum atomic E-state index is -0.395. The summed E-state index contributed by atoms with van der Waals surface area (Å²) in [7, 11) is 0. The highest BCUT2D eigenvalue weighted by atomic mass is 16.3. The van der Waals surface area contributed by atoms with Crippen LogP contribution >= 0.6 is 0 Å². The van der Waals surface area contributed by atoms with Crippen LogP contribution in [0, 0.1) is 0 Å². The average molecular weight is 261 g/mol. The summed E-state index contributed by atoms with van der Waals surface area (Å²) in [6.45, 7) is 2.34. The van der Waals surface area contributed by atoms with Crippen molar-refractivity contribution in [1.82, 2.24) is 0 Å². The third-order valence-electron chi connectivity index (χ3n) is 4.34. The number of hydrogen-bond donors (Lipinski definition) is 2. The lowest BCUT2D eigenvalue weighted by atomic mass is 9.78. The highest BCUT2D eigenvalue weighted by Crippen LogP contribution is 2.28. The Labute approximate surface area is 117 Å². The van der Waals surface area contributed by atoms with E-state index in [2.05, 4.69) is 25.1 Å². The van der Waals surface area contributed by atoms with Crippen LogP contribution < -0.4 is 5.73 Å². The van der Waals surface area contributed by atoms with E-state index in [1.807, 2.05) is 0 Å². The molecule has 2 rings (SSSR count). The maximum absolute atomic E-state index is 9.42. The Bertz CT molecular complexity index is 416. The molecule has 19 heavy (non-hydrogen) atoms. The maximum atomic E-state index is 9.42. The molecule has 0 fully saturated rings. The predicted octanol–water partition coefficient (Wildman–Crippen LogP) is 2.99. The third-order valence-corrected chi connectivity index (χ3v) is 4.34. The monoisotopic (exact) mass is 261 g/mol. The van der Waals surface area contributed by atoms with Crippen molar-refractivity contribution in [2.75, 3.05) is 6.61 Å². The van der Waals surface area contributed by atoms with Crippen LogP contribution in [-0.4, -0.2) is 17.3 Å². The van der Waals surface area contributed by atoms with E-state index in [4.69, 9.17) is 5.73 Å². The molecule has 0 heterocycles. The molecule has 106 valence electrons. The van der Waals surface area contributed by atoms with E-state index >= 15 is 0 Å². The Morgan fingerprint density at radius 3 is 2.79 bits per heavy atom. The van der Waals surface area contributed by atoms with Crippen molar-refractivity contribution in [3.63, 3.8) is 0 Å². The van der Waals surface area contributed by atoms with E-state index in [1.165, 1.54) is 48.8 Å². The van der Waals surface area contributed by atoms with E-state index in [9.17, 15) is 5.11 Å². The molecule has 1 aliphatic carbocycles. The molecule has 1 unspecified atom stereocenters. The van der Waals surface area contributed by atoms with Gasteiger partial charge in [0.15, 0.2) is 0 Å². The second-order valence-electron chi connectivity index (χ2n) is 6.11. The molecule has 2 heteroatoms. The number of unbranched alkanes of at least 4 members (excludes halogenated alkanes) is 3. The highest BCUT2D eigenvalue weighted by molar-refractivity contribution is 5.36. The first-order chi connectivity index (χ1) is 9.17. The molecule has 0 bridgehead atoms. The molecule has 3 N–H and O–H groups in total. The Kier molecular flexibility index (Phi) is 5.00. The minimum Gasteiger partial charge on any atom is -0.394 e. The van der Waals surface area contributed by atoms with Gasteiger partial charge in [-0.05, 0) is 48.8 Å². The molecule has 0 saturated heterocycles. The summed E-state index contributed by atoms with van der Waals surface area (Å²) < 4.78 is 0. The smallest absolute Gasteiger partial charge is 0.0614 e. The topological polar surface area (TPSA) is 46.2 Å². The van der Waals surface area contributed by atoms with Crippen LogP contribution in [0.25, 0.3) is 0 Å². The van der Waals surface area contributed by atoms with Crippen LogP contribution in [0.4, 0.5) is 0 Å². The number of benzene rings is 1. The summed E-state index contributed by atoms with van der Waals surface area (Å²) in [5.41, 5.74) is 10.0. The van der Waals surface area contributed by atoms with E-state index < -0.39 is 5.54 Å². The van der Waals surface area contributed by atoms with Gasteiger partial charge in [0.2, 0.25) is 0 Å². The maximum Gasteiger partial charge on any atom is 0.0614 e. The molecule has 1 aromatic carbocycles. The first-order valence-electron chi connectivity index (χ1n) is 7.67. The Morgan fingerprint density at radius 2 is 2.05 bits per heavy atom. The minimum absolute atomic E-state index is 0.0904. The van der Waals surface area contributed by atoms with E-state index in [1.54, 1.807) is 0 Å². The first-order valence-corrected chi connectivity index (χ1v) is 7.67. The van der Waals surface area contributed by atoms with E-state index in [0.717, 1.165) is 19.3 Å². The van der Waals surface area contributed by atoms with Crippen LogP contribution in [0.3, 0.4) is 0 Å². The highest BCUT2D eigenvalue weighted by Gasteiger charge is 2.29. The van der Waals surface area contributed by atoms with Crippen molar-refractivity contribution in [3.8, 4) is 0 Å². The number of hydrogen-bond acceptors (Lipinski definition) is 2. The number of aryl methyl sites for hydroxylation is 2. The summed E-state index contributed by atoms with van der Waals surface area (Å²) in [6, 6.07) is 6.85. The largest absolute Gasteiger partial charge is 0.394 e. The van der Waals surface area contributed by atoms with Gasteiger partial charge in [0.05, 0.1) is 6.61 Å². The lowest BCUT2D eigenvalue weighted by Crippen LogP contribution is -2.48. The summed E-state index contributed by atoms with van der Waals surface area (Å²) in [4.78, 5) is 0. The van der Waals surface area contributed by atoms with Crippen molar-refractivity contribution < 1.29 is 5.11 Å². The van der Waals surface area contributed by atoms with Crippen LogP contribution in [0.15, 0.2) is 18.2 Å². The van der Waals surface area contributed by atoms with Gasteiger partial charge in [0, 0.05) is 5.54 Å². The quantitative estimate of drug-likeness (QED) is 0.773. The molecule has 0 amide bonds. The van der Waals surface area contributed by atoms with Gasteiger partial charge in [-0.25, -0.2) is 0 Å². The standard InChI is InChI=1S/C17H27NO/c1-2-3-4-5-6-14-7-8-15-9-10-17(18,13-19)12-16(15)11-14/h7-8,11,19H,2-6,9-10,12-13,18H2,1H3. The van der Waals surface area contributed by atoms with Gasteiger partial charge in [-0.3, -0.25) is 0 Å². The number of rotatable bonds is 6. The van der Waals surface area contributed by atoms with Gasteiger partial charge in [-0.2, -0.15) is 0 Å².